The molecular formula is C13H16F2N2O2. The van der Waals surface area contributed by atoms with Gasteiger partial charge in [0.05, 0.1) is 12.6 Å². The van der Waals surface area contributed by atoms with Gasteiger partial charge < -0.3 is 15.4 Å². The Hall–Kier alpha value is -1.53. The number of rotatable bonds is 5. The number of hydrogen-bond acceptors (Lipinski definition) is 3. The largest absolute Gasteiger partial charge is 0.377 e. The molecule has 1 fully saturated rings. The van der Waals surface area contributed by atoms with Gasteiger partial charge in [-0.3, -0.25) is 4.79 Å². The van der Waals surface area contributed by atoms with E-state index < -0.39 is 23.2 Å². The van der Waals surface area contributed by atoms with Crippen LogP contribution in [-0.4, -0.2) is 31.7 Å². The maximum atomic E-state index is 13.3. The first-order valence-corrected chi connectivity index (χ1v) is 6.23. The molecule has 0 aromatic heterocycles. The third-order valence-electron chi connectivity index (χ3n) is 2.91. The number of anilines is 1. The van der Waals surface area contributed by atoms with Gasteiger partial charge in [0.2, 0.25) is 5.91 Å². The van der Waals surface area contributed by atoms with Crippen LogP contribution in [0.4, 0.5) is 14.5 Å². The van der Waals surface area contributed by atoms with Gasteiger partial charge in [-0.05, 0) is 25.0 Å². The first-order valence-electron chi connectivity index (χ1n) is 6.23. The molecule has 1 aliphatic heterocycles. The fraction of sp³-hybridized carbons (Fsp3) is 0.462. The van der Waals surface area contributed by atoms with E-state index in [-0.39, 0.29) is 12.6 Å². The number of amides is 1. The van der Waals surface area contributed by atoms with E-state index >= 15 is 0 Å². The van der Waals surface area contributed by atoms with Crippen LogP contribution in [0.3, 0.4) is 0 Å². The van der Waals surface area contributed by atoms with Gasteiger partial charge in [-0.2, -0.15) is 0 Å². The maximum absolute atomic E-state index is 13.3. The number of ether oxygens (including phenoxy) is 1. The van der Waals surface area contributed by atoms with E-state index in [0.717, 1.165) is 31.6 Å². The standard InChI is InChI=1S/C13H16F2N2O2/c14-10-4-1-5-11(15)13(10)17-12(18)8-16-7-9-3-2-6-19-9/h1,4-5,9,16H,2-3,6-8H2,(H,17,18). The third-order valence-corrected chi connectivity index (χ3v) is 2.91. The second-order valence-corrected chi connectivity index (χ2v) is 4.41. The van der Waals surface area contributed by atoms with Crippen LogP contribution < -0.4 is 10.6 Å². The summed E-state index contributed by atoms with van der Waals surface area (Å²) in [4.78, 5) is 11.5. The molecule has 19 heavy (non-hydrogen) atoms. The summed E-state index contributed by atoms with van der Waals surface area (Å²) in [6, 6.07) is 3.44. The Balaban J connectivity index is 1.77. The molecule has 0 radical (unpaired) electrons. The Labute approximate surface area is 110 Å². The first kappa shape index (κ1) is 13.9. The number of carbonyl (C=O) groups is 1. The van der Waals surface area contributed by atoms with Crippen LogP contribution in [0.15, 0.2) is 18.2 Å². The minimum Gasteiger partial charge on any atom is -0.377 e. The summed E-state index contributed by atoms with van der Waals surface area (Å²) in [5.74, 6) is -2.05. The van der Waals surface area contributed by atoms with Crippen LogP contribution >= 0.6 is 0 Å². The van der Waals surface area contributed by atoms with E-state index in [1.165, 1.54) is 6.07 Å². The number of carbonyl (C=O) groups excluding carboxylic acids is 1. The average Bonchev–Trinajstić information content (AvgIpc) is 2.87. The number of hydrogen-bond donors (Lipinski definition) is 2. The van der Waals surface area contributed by atoms with E-state index in [4.69, 9.17) is 4.74 Å². The predicted octanol–water partition coefficient (Wildman–Crippen LogP) is 1.67. The minimum absolute atomic E-state index is 0.00632. The summed E-state index contributed by atoms with van der Waals surface area (Å²) in [6.07, 6.45) is 2.12. The summed E-state index contributed by atoms with van der Waals surface area (Å²) >= 11 is 0. The van der Waals surface area contributed by atoms with Crippen molar-refractivity contribution in [3.05, 3.63) is 29.8 Å². The van der Waals surface area contributed by atoms with Crippen molar-refractivity contribution in [2.24, 2.45) is 0 Å². The van der Waals surface area contributed by atoms with Gasteiger partial charge in [-0.25, -0.2) is 8.78 Å². The molecule has 0 saturated carbocycles. The lowest BCUT2D eigenvalue weighted by Crippen LogP contribution is -2.33. The van der Waals surface area contributed by atoms with Crippen LogP contribution in [0.25, 0.3) is 0 Å². The molecule has 2 N–H and O–H groups in total. The van der Waals surface area contributed by atoms with E-state index in [9.17, 15) is 13.6 Å². The summed E-state index contributed by atoms with van der Waals surface area (Å²) in [7, 11) is 0. The second-order valence-electron chi connectivity index (χ2n) is 4.41. The Morgan fingerprint density at radius 3 is 2.74 bits per heavy atom. The number of halogens is 2. The van der Waals surface area contributed by atoms with Crippen molar-refractivity contribution in [2.45, 2.75) is 18.9 Å². The zero-order chi connectivity index (χ0) is 13.7. The Kier molecular flexibility index (Phi) is 4.81. The lowest BCUT2D eigenvalue weighted by molar-refractivity contribution is -0.115. The van der Waals surface area contributed by atoms with Crippen LogP contribution in [0.1, 0.15) is 12.8 Å². The SMILES string of the molecule is O=C(CNCC1CCCO1)Nc1c(F)cccc1F. The van der Waals surface area contributed by atoms with Crippen LogP contribution in [0, 0.1) is 11.6 Å². The molecule has 0 spiro atoms. The Bertz CT molecular complexity index is 428. The predicted molar refractivity (Wildman–Crippen MR) is 66.8 cm³/mol. The molecule has 1 aromatic rings. The molecule has 104 valence electrons. The normalized spacial score (nSPS) is 18.5. The summed E-state index contributed by atoms with van der Waals surface area (Å²) in [5.41, 5.74) is -0.411. The van der Waals surface area contributed by atoms with Crippen molar-refractivity contribution >= 4 is 11.6 Å². The van der Waals surface area contributed by atoms with Crippen LogP contribution in [-0.2, 0) is 9.53 Å². The van der Waals surface area contributed by atoms with Crippen LogP contribution in [0.2, 0.25) is 0 Å². The number of para-hydroxylation sites is 1. The molecule has 1 aliphatic rings. The van der Waals surface area contributed by atoms with Gasteiger partial charge >= 0.3 is 0 Å². The molecule has 1 amide bonds. The molecule has 1 heterocycles. The van der Waals surface area contributed by atoms with Crippen molar-refractivity contribution < 1.29 is 18.3 Å². The van der Waals surface area contributed by atoms with Gasteiger partial charge in [0, 0.05) is 13.2 Å². The smallest absolute Gasteiger partial charge is 0.238 e. The topological polar surface area (TPSA) is 50.4 Å². The zero-order valence-electron chi connectivity index (χ0n) is 10.4. The summed E-state index contributed by atoms with van der Waals surface area (Å²) < 4.78 is 31.9. The van der Waals surface area contributed by atoms with Gasteiger partial charge in [-0.15, -0.1) is 0 Å². The van der Waals surface area contributed by atoms with E-state index in [2.05, 4.69) is 10.6 Å². The van der Waals surface area contributed by atoms with Crippen molar-refractivity contribution in [2.75, 3.05) is 25.0 Å². The molecule has 1 aromatic carbocycles. The molecular weight excluding hydrogens is 254 g/mol. The third kappa shape index (κ3) is 3.97. The van der Waals surface area contributed by atoms with Gasteiger partial charge in [-0.1, -0.05) is 6.07 Å². The highest BCUT2D eigenvalue weighted by molar-refractivity contribution is 5.92. The lowest BCUT2D eigenvalue weighted by atomic mass is 10.2. The molecule has 2 rings (SSSR count). The van der Waals surface area contributed by atoms with Crippen molar-refractivity contribution in [1.82, 2.24) is 5.32 Å². The fourth-order valence-corrected chi connectivity index (χ4v) is 1.95. The lowest BCUT2D eigenvalue weighted by Gasteiger charge is -2.11. The van der Waals surface area contributed by atoms with Crippen molar-refractivity contribution in [3.63, 3.8) is 0 Å². The van der Waals surface area contributed by atoms with E-state index in [0.29, 0.717) is 6.54 Å². The van der Waals surface area contributed by atoms with Gasteiger partial charge in [0.1, 0.15) is 17.3 Å². The summed E-state index contributed by atoms with van der Waals surface area (Å²) in [5, 5.41) is 5.12. The molecule has 6 heteroatoms. The number of nitrogens with one attached hydrogen (secondary N) is 2. The van der Waals surface area contributed by atoms with E-state index in [1.807, 2.05) is 0 Å². The van der Waals surface area contributed by atoms with E-state index in [1.54, 1.807) is 0 Å². The Morgan fingerprint density at radius 1 is 1.37 bits per heavy atom. The van der Waals surface area contributed by atoms with Crippen LogP contribution in [0.5, 0.6) is 0 Å². The van der Waals surface area contributed by atoms with Gasteiger partial charge in [0.15, 0.2) is 0 Å². The van der Waals surface area contributed by atoms with Crippen molar-refractivity contribution in [1.29, 1.82) is 0 Å². The monoisotopic (exact) mass is 270 g/mol. The van der Waals surface area contributed by atoms with Crippen molar-refractivity contribution in [3.8, 4) is 0 Å². The molecule has 0 aliphatic carbocycles. The molecule has 1 saturated heterocycles. The summed E-state index contributed by atoms with van der Waals surface area (Å²) in [6.45, 7) is 1.31. The average molecular weight is 270 g/mol. The fourth-order valence-electron chi connectivity index (χ4n) is 1.95. The minimum atomic E-state index is -0.785. The maximum Gasteiger partial charge on any atom is 0.238 e. The highest BCUT2D eigenvalue weighted by Crippen LogP contribution is 2.17. The van der Waals surface area contributed by atoms with Gasteiger partial charge in [0.25, 0.3) is 0 Å². The second kappa shape index (κ2) is 6.58. The Morgan fingerprint density at radius 2 is 2.11 bits per heavy atom. The molecule has 1 unspecified atom stereocenters. The zero-order valence-corrected chi connectivity index (χ0v) is 10.4. The molecule has 1 atom stereocenters. The first-order chi connectivity index (χ1) is 9.16. The number of benzene rings is 1. The molecule has 4 nitrogen and oxygen atoms in total. The highest BCUT2D eigenvalue weighted by atomic mass is 19.1. The molecule has 0 bridgehead atoms. The highest BCUT2D eigenvalue weighted by Gasteiger charge is 2.16. The quantitative estimate of drug-likeness (QED) is 0.855.